The lowest BCUT2D eigenvalue weighted by Crippen LogP contribution is -3.12. The highest BCUT2D eigenvalue weighted by molar-refractivity contribution is 5.95. The highest BCUT2D eigenvalue weighted by Gasteiger charge is 2.24. The molecule has 156 valence electrons. The summed E-state index contributed by atoms with van der Waals surface area (Å²) in [7, 11) is 3.21. The number of hydrogen-bond acceptors (Lipinski definition) is 5. The number of methoxy groups -OCH3 is 1. The smallest absolute Gasteiger partial charge is 0.387 e. The van der Waals surface area contributed by atoms with E-state index in [1.807, 2.05) is 0 Å². The van der Waals surface area contributed by atoms with E-state index in [4.69, 9.17) is 4.74 Å². The number of carbonyl (C=O) groups is 1. The van der Waals surface area contributed by atoms with E-state index in [1.165, 1.54) is 37.4 Å². The number of carbonyl (C=O) groups excluding carboxylic acids is 1. The maximum atomic E-state index is 12.6. The summed E-state index contributed by atoms with van der Waals surface area (Å²) in [6, 6.07) is 9.61. The molecule has 2 N–H and O–H groups in total. The first-order chi connectivity index (χ1) is 13.7. The monoisotopic (exact) mass is 410 g/mol. The fourth-order valence-corrected chi connectivity index (χ4v) is 2.64. The normalized spacial score (nSPS) is 12.9. The molecule has 0 radical (unpaired) electrons. The fourth-order valence-electron chi connectivity index (χ4n) is 2.64. The first kappa shape index (κ1) is 22.0. The Morgan fingerprint density at radius 2 is 1.90 bits per heavy atom. The molecular formula is C19H22F2N3O5+. The van der Waals surface area contributed by atoms with E-state index in [9.17, 15) is 23.7 Å². The number of halogens is 2. The molecule has 0 saturated heterocycles. The molecule has 1 amide bonds. The molecule has 10 heteroatoms. The van der Waals surface area contributed by atoms with Crippen LogP contribution in [0.5, 0.6) is 11.5 Å². The maximum Gasteiger partial charge on any atom is 0.387 e. The second-order valence-corrected chi connectivity index (χ2v) is 6.40. The zero-order valence-corrected chi connectivity index (χ0v) is 16.1. The predicted octanol–water partition coefficient (Wildman–Crippen LogP) is 2.25. The van der Waals surface area contributed by atoms with Crippen molar-refractivity contribution in [2.24, 2.45) is 0 Å². The number of likely N-dealkylation sites (N-methyl/N-ethyl adjacent to an activating group) is 1. The quantitative estimate of drug-likeness (QED) is 0.488. The number of nitro groups is 1. The van der Waals surface area contributed by atoms with Crippen molar-refractivity contribution in [3.8, 4) is 11.5 Å². The molecule has 2 aromatic carbocycles. The van der Waals surface area contributed by atoms with Gasteiger partial charge in [0.1, 0.15) is 18.0 Å². The van der Waals surface area contributed by atoms with Gasteiger partial charge in [-0.05, 0) is 37.3 Å². The molecule has 0 aromatic heterocycles. The number of nitrogens with one attached hydrogen (secondary N) is 2. The molecule has 2 rings (SSSR count). The third-order valence-electron chi connectivity index (χ3n) is 4.42. The van der Waals surface area contributed by atoms with Crippen molar-refractivity contribution in [3.63, 3.8) is 0 Å². The second-order valence-electron chi connectivity index (χ2n) is 6.40. The molecule has 2 atom stereocenters. The van der Waals surface area contributed by atoms with Crippen LogP contribution in [0.3, 0.4) is 0 Å². The molecule has 2 aromatic rings. The third kappa shape index (κ3) is 6.11. The summed E-state index contributed by atoms with van der Waals surface area (Å²) in [5.74, 6) is 0.0207. The lowest BCUT2D eigenvalue weighted by Gasteiger charge is -2.21. The van der Waals surface area contributed by atoms with E-state index in [0.29, 0.717) is 12.3 Å². The van der Waals surface area contributed by atoms with Crippen LogP contribution in [0.25, 0.3) is 0 Å². The largest absolute Gasteiger partial charge is 0.495 e. The van der Waals surface area contributed by atoms with E-state index in [-0.39, 0.29) is 23.0 Å². The lowest BCUT2D eigenvalue weighted by atomic mass is 10.1. The summed E-state index contributed by atoms with van der Waals surface area (Å²) in [5, 5.41) is 13.6. The van der Waals surface area contributed by atoms with Gasteiger partial charge in [-0.2, -0.15) is 8.78 Å². The van der Waals surface area contributed by atoms with Crippen molar-refractivity contribution in [2.45, 2.75) is 26.1 Å². The average molecular weight is 410 g/mol. The summed E-state index contributed by atoms with van der Waals surface area (Å²) >= 11 is 0. The number of quaternary nitrogens is 1. The lowest BCUT2D eigenvalue weighted by molar-refractivity contribution is -0.907. The molecule has 29 heavy (non-hydrogen) atoms. The van der Waals surface area contributed by atoms with E-state index >= 15 is 0 Å². The summed E-state index contributed by atoms with van der Waals surface area (Å²) in [4.78, 5) is 23.8. The number of nitro benzene ring substituents is 1. The minimum Gasteiger partial charge on any atom is -0.495 e. The van der Waals surface area contributed by atoms with Crippen LogP contribution in [0.2, 0.25) is 0 Å². The Bertz CT molecular complexity index is 861. The Labute approximate surface area is 166 Å². The number of rotatable bonds is 9. The molecule has 8 nitrogen and oxygen atoms in total. The maximum absolute atomic E-state index is 12.6. The van der Waals surface area contributed by atoms with Gasteiger partial charge in [-0.15, -0.1) is 0 Å². The number of benzene rings is 2. The van der Waals surface area contributed by atoms with Crippen molar-refractivity contribution in [2.75, 3.05) is 19.5 Å². The molecule has 0 bridgehead atoms. The number of nitrogens with zero attached hydrogens (tertiary/aromatic N) is 1. The zero-order valence-electron chi connectivity index (χ0n) is 16.1. The number of ether oxygens (including phenoxy) is 2. The van der Waals surface area contributed by atoms with E-state index in [1.54, 1.807) is 26.1 Å². The number of amides is 1. The number of alkyl halides is 2. The summed E-state index contributed by atoms with van der Waals surface area (Å²) in [5.41, 5.74) is 0.872. The van der Waals surface area contributed by atoms with E-state index in [2.05, 4.69) is 10.1 Å². The van der Waals surface area contributed by atoms with Gasteiger partial charge in [0.05, 0.1) is 24.8 Å². The van der Waals surface area contributed by atoms with Crippen LogP contribution >= 0.6 is 0 Å². The molecule has 1 unspecified atom stereocenters. The second kappa shape index (κ2) is 9.78. The summed E-state index contributed by atoms with van der Waals surface area (Å²) in [6.07, 6.45) is 0. The number of non-ortho nitro benzene ring substituents is 1. The van der Waals surface area contributed by atoms with Crippen LogP contribution in [0, 0.1) is 10.1 Å². The Kier molecular flexibility index (Phi) is 7.43. The highest BCUT2D eigenvalue weighted by Crippen LogP contribution is 2.28. The molecule has 0 aliphatic rings. The number of hydrogen-bond donors (Lipinski definition) is 2. The fraction of sp³-hybridized carbons (Fsp3) is 0.316. The van der Waals surface area contributed by atoms with Crippen LogP contribution in [0.4, 0.5) is 20.2 Å². The van der Waals surface area contributed by atoms with Gasteiger partial charge in [0.25, 0.3) is 11.6 Å². The topological polar surface area (TPSA) is 95.1 Å². The van der Waals surface area contributed by atoms with E-state index < -0.39 is 17.6 Å². The van der Waals surface area contributed by atoms with Gasteiger partial charge in [0, 0.05) is 17.7 Å². The Morgan fingerprint density at radius 3 is 2.45 bits per heavy atom. The van der Waals surface area contributed by atoms with Gasteiger partial charge in [0.15, 0.2) is 6.04 Å². The summed E-state index contributed by atoms with van der Waals surface area (Å²) < 4.78 is 33.9. The first-order valence-electron chi connectivity index (χ1n) is 8.70. The predicted molar refractivity (Wildman–Crippen MR) is 101 cm³/mol. The molecule has 0 aliphatic carbocycles. The van der Waals surface area contributed by atoms with Gasteiger partial charge in [-0.25, -0.2) is 0 Å². The number of anilines is 1. The summed E-state index contributed by atoms with van der Waals surface area (Å²) in [6.45, 7) is -0.720. The Balaban J connectivity index is 2.04. The van der Waals surface area contributed by atoms with Crippen LogP contribution < -0.4 is 19.7 Å². The third-order valence-corrected chi connectivity index (χ3v) is 4.42. The van der Waals surface area contributed by atoms with Crippen molar-refractivity contribution < 1.29 is 32.9 Å². The van der Waals surface area contributed by atoms with Crippen molar-refractivity contribution in [1.29, 1.82) is 0 Å². The zero-order chi connectivity index (χ0) is 21.6. The van der Waals surface area contributed by atoms with Gasteiger partial charge >= 0.3 is 6.61 Å². The SMILES string of the molecule is COc1ccc([N+](=O)[O-])cc1NC(=O)[C@@H](C)[NH+](C)Cc1ccc(OC(F)F)cc1. The standard InChI is InChI=1S/C19H21F2N3O5/c1-12(23(2)11-13-4-7-15(8-5-13)29-19(20)21)18(25)22-16-10-14(24(26)27)6-9-17(16)28-3/h4-10,12,19H,11H2,1-3H3,(H,22,25)/p+1/t12-/m1/s1. The molecular weight excluding hydrogens is 388 g/mol. The molecule has 0 spiro atoms. The van der Waals surface area contributed by atoms with Gasteiger partial charge in [0.2, 0.25) is 0 Å². The molecule has 0 saturated carbocycles. The molecule has 0 aliphatic heterocycles. The van der Waals surface area contributed by atoms with Gasteiger partial charge < -0.3 is 19.7 Å². The minimum absolute atomic E-state index is 0.0601. The van der Waals surface area contributed by atoms with Crippen molar-refractivity contribution in [3.05, 3.63) is 58.1 Å². The van der Waals surface area contributed by atoms with Crippen LogP contribution in [-0.4, -0.2) is 37.6 Å². The molecule has 0 fully saturated rings. The van der Waals surface area contributed by atoms with E-state index in [0.717, 1.165) is 10.5 Å². The average Bonchev–Trinajstić information content (AvgIpc) is 2.68. The van der Waals surface area contributed by atoms with Crippen molar-refractivity contribution >= 4 is 17.3 Å². The van der Waals surface area contributed by atoms with Crippen molar-refractivity contribution in [1.82, 2.24) is 0 Å². The van der Waals surface area contributed by atoms with Crippen LogP contribution in [0.15, 0.2) is 42.5 Å². The molecule has 0 heterocycles. The van der Waals surface area contributed by atoms with Crippen LogP contribution in [0.1, 0.15) is 12.5 Å². The Hall–Kier alpha value is -3.27. The van der Waals surface area contributed by atoms with Gasteiger partial charge in [-0.1, -0.05) is 0 Å². The minimum atomic E-state index is -2.89. The highest BCUT2D eigenvalue weighted by atomic mass is 19.3. The van der Waals surface area contributed by atoms with Crippen LogP contribution in [-0.2, 0) is 11.3 Å². The van der Waals surface area contributed by atoms with Gasteiger partial charge in [-0.3, -0.25) is 14.9 Å². The Morgan fingerprint density at radius 1 is 1.24 bits per heavy atom. The first-order valence-corrected chi connectivity index (χ1v) is 8.70.